The van der Waals surface area contributed by atoms with E-state index in [0.29, 0.717) is 0 Å². The predicted molar refractivity (Wildman–Crippen MR) is 78.2 cm³/mol. The third-order valence-electron chi connectivity index (χ3n) is 2.61. The highest BCUT2D eigenvalue weighted by atomic mass is 32.1. The molecule has 0 fully saturated rings. The maximum Gasteiger partial charge on any atom is 0.311 e. The fourth-order valence-corrected chi connectivity index (χ4v) is 2.25. The largest absolute Gasteiger partial charge is 0.490 e. The lowest BCUT2D eigenvalue weighted by Gasteiger charge is -2.04. The Morgan fingerprint density at radius 2 is 2.18 bits per heavy atom. The van der Waals surface area contributed by atoms with Gasteiger partial charge in [0.2, 0.25) is 0 Å². The number of carbonyl (C=O) groups is 2. The van der Waals surface area contributed by atoms with Gasteiger partial charge in [0.1, 0.15) is 4.88 Å². The van der Waals surface area contributed by atoms with E-state index in [4.69, 9.17) is 10.5 Å². The molecule has 2 amide bonds. The van der Waals surface area contributed by atoms with Gasteiger partial charge in [-0.05, 0) is 12.1 Å². The minimum atomic E-state index is -0.655. The molecule has 0 saturated heterocycles. The molecular weight excluding hydrogens is 312 g/mol. The highest BCUT2D eigenvalue weighted by molar-refractivity contribution is 7.17. The Kier molecular flexibility index (Phi) is 4.32. The van der Waals surface area contributed by atoms with Gasteiger partial charge >= 0.3 is 5.69 Å². The zero-order chi connectivity index (χ0) is 16.3. The Morgan fingerprint density at radius 1 is 1.45 bits per heavy atom. The summed E-state index contributed by atoms with van der Waals surface area (Å²) in [7, 11) is 1.29. The molecule has 0 bridgehead atoms. The molecule has 1 aromatic carbocycles. The molecule has 0 aliphatic rings. The number of hydrogen-bond acceptors (Lipinski definition) is 7. The quantitative estimate of drug-likeness (QED) is 0.630. The van der Waals surface area contributed by atoms with Crippen LogP contribution in [-0.4, -0.2) is 28.8 Å². The Labute approximate surface area is 127 Å². The molecule has 2 rings (SSSR count). The fourth-order valence-electron chi connectivity index (χ4n) is 1.59. The molecule has 114 valence electrons. The average molecular weight is 322 g/mol. The van der Waals surface area contributed by atoms with E-state index in [2.05, 4.69) is 10.3 Å². The van der Waals surface area contributed by atoms with Gasteiger partial charge < -0.3 is 10.5 Å². The summed E-state index contributed by atoms with van der Waals surface area (Å²) in [4.78, 5) is 37.3. The number of benzene rings is 1. The van der Waals surface area contributed by atoms with Gasteiger partial charge in [-0.3, -0.25) is 25.0 Å². The fraction of sp³-hybridized carbons (Fsp3) is 0.0833. The number of anilines is 1. The van der Waals surface area contributed by atoms with Crippen LogP contribution in [-0.2, 0) is 0 Å². The highest BCUT2D eigenvalue weighted by Crippen LogP contribution is 2.28. The first-order valence-electron chi connectivity index (χ1n) is 5.81. The summed E-state index contributed by atoms with van der Waals surface area (Å²) < 4.78 is 4.85. The Morgan fingerprint density at radius 3 is 2.73 bits per heavy atom. The van der Waals surface area contributed by atoms with Gasteiger partial charge in [-0.2, -0.15) is 0 Å². The molecule has 1 heterocycles. The molecule has 1 aromatic heterocycles. The van der Waals surface area contributed by atoms with Crippen LogP contribution in [0.5, 0.6) is 5.75 Å². The van der Waals surface area contributed by atoms with E-state index in [1.165, 1.54) is 25.4 Å². The number of nitrogens with two attached hydrogens (primary N) is 1. The van der Waals surface area contributed by atoms with Crippen molar-refractivity contribution in [2.75, 3.05) is 12.4 Å². The van der Waals surface area contributed by atoms with Gasteiger partial charge in [-0.15, -0.1) is 0 Å². The van der Waals surface area contributed by atoms with E-state index in [-0.39, 0.29) is 27.0 Å². The molecule has 10 heteroatoms. The molecule has 0 radical (unpaired) electrons. The Bertz CT molecular complexity index is 758. The molecule has 2 aromatic rings. The zero-order valence-corrected chi connectivity index (χ0v) is 12.0. The standard InChI is InChI=1S/C12H10N4O5S/c1-21-8-3-2-6(4-7(8)16(19)20)11(18)15-12-14-5-9(22-12)10(13)17/h2-5H,1H3,(H2,13,17)(H,14,15,18). The summed E-state index contributed by atoms with van der Waals surface area (Å²) in [6, 6.07) is 3.80. The van der Waals surface area contributed by atoms with Crippen molar-refractivity contribution in [2.45, 2.75) is 0 Å². The lowest BCUT2D eigenvalue weighted by Crippen LogP contribution is -2.12. The number of nitro groups is 1. The Balaban J connectivity index is 2.23. The van der Waals surface area contributed by atoms with Gasteiger partial charge in [0.05, 0.1) is 18.2 Å². The van der Waals surface area contributed by atoms with E-state index in [1.54, 1.807) is 0 Å². The number of nitrogens with one attached hydrogen (secondary N) is 1. The number of thiazole rings is 1. The first-order valence-corrected chi connectivity index (χ1v) is 6.63. The molecule has 3 N–H and O–H groups in total. The molecule has 22 heavy (non-hydrogen) atoms. The van der Waals surface area contributed by atoms with Crippen LogP contribution in [0.25, 0.3) is 0 Å². The zero-order valence-electron chi connectivity index (χ0n) is 11.2. The van der Waals surface area contributed by atoms with Crippen molar-refractivity contribution in [3.63, 3.8) is 0 Å². The number of amides is 2. The highest BCUT2D eigenvalue weighted by Gasteiger charge is 2.19. The summed E-state index contributed by atoms with van der Waals surface area (Å²) in [6.07, 6.45) is 1.24. The molecule has 0 atom stereocenters. The van der Waals surface area contributed by atoms with Crippen LogP contribution in [0, 0.1) is 10.1 Å². The van der Waals surface area contributed by atoms with E-state index < -0.39 is 16.7 Å². The number of nitrogens with zero attached hydrogens (tertiary/aromatic N) is 2. The van der Waals surface area contributed by atoms with Crippen LogP contribution in [0.15, 0.2) is 24.4 Å². The van der Waals surface area contributed by atoms with E-state index >= 15 is 0 Å². The summed E-state index contributed by atoms with van der Waals surface area (Å²) >= 11 is 0.906. The first kappa shape index (κ1) is 15.4. The van der Waals surface area contributed by atoms with Gasteiger partial charge in [0.25, 0.3) is 11.8 Å². The molecular formula is C12H10N4O5S. The summed E-state index contributed by atoms with van der Waals surface area (Å²) in [5, 5.41) is 13.5. The van der Waals surface area contributed by atoms with Gasteiger partial charge in [0.15, 0.2) is 10.9 Å². The topological polar surface area (TPSA) is 137 Å². The molecule has 0 aliphatic carbocycles. The summed E-state index contributed by atoms with van der Waals surface area (Å²) in [5.41, 5.74) is 4.82. The number of methoxy groups -OCH3 is 1. The van der Waals surface area contributed by atoms with Crippen molar-refractivity contribution in [3.8, 4) is 5.75 Å². The minimum absolute atomic E-state index is 0.0480. The van der Waals surface area contributed by atoms with E-state index in [0.717, 1.165) is 17.4 Å². The van der Waals surface area contributed by atoms with Gasteiger partial charge in [-0.25, -0.2) is 4.98 Å². The lowest BCUT2D eigenvalue weighted by atomic mass is 10.2. The number of ether oxygens (including phenoxy) is 1. The summed E-state index contributed by atoms with van der Waals surface area (Å²) in [5.74, 6) is -1.21. The van der Waals surface area contributed by atoms with Crippen LogP contribution in [0.4, 0.5) is 10.8 Å². The normalized spacial score (nSPS) is 10.0. The van der Waals surface area contributed by atoms with Crippen molar-refractivity contribution in [3.05, 3.63) is 45.0 Å². The maximum absolute atomic E-state index is 12.0. The number of aromatic nitrogens is 1. The van der Waals surface area contributed by atoms with Crippen LogP contribution in [0.3, 0.4) is 0 Å². The van der Waals surface area contributed by atoms with Crippen molar-refractivity contribution in [2.24, 2.45) is 5.73 Å². The molecule has 0 saturated carbocycles. The minimum Gasteiger partial charge on any atom is -0.490 e. The number of primary amides is 1. The monoisotopic (exact) mass is 322 g/mol. The molecule has 0 unspecified atom stereocenters. The van der Waals surface area contributed by atoms with Crippen molar-refractivity contribution in [1.29, 1.82) is 0 Å². The second-order valence-electron chi connectivity index (χ2n) is 3.99. The average Bonchev–Trinajstić information content (AvgIpc) is 2.95. The smallest absolute Gasteiger partial charge is 0.311 e. The number of carbonyl (C=O) groups excluding carboxylic acids is 2. The Hall–Kier alpha value is -3.01. The first-order chi connectivity index (χ1) is 10.4. The number of hydrogen-bond donors (Lipinski definition) is 2. The second kappa shape index (κ2) is 6.18. The van der Waals surface area contributed by atoms with Crippen molar-refractivity contribution < 1.29 is 19.2 Å². The molecule has 0 spiro atoms. The molecule has 0 aliphatic heterocycles. The van der Waals surface area contributed by atoms with Gasteiger partial charge in [-0.1, -0.05) is 11.3 Å². The third-order valence-corrected chi connectivity index (χ3v) is 3.53. The SMILES string of the molecule is COc1ccc(C(=O)Nc2ncc(C(N)=O)s2)cc1[N+](=O)[O-]. The van der Waals surface area contributed by atoms with Gasteiger partial charge in [0, 0.05) is 11.6 Å². The second-order valence-corrected chi connectivity index (χ2v) is 5.02. The summed E-state index contributed by atoms with van der Waals surface area (Å²) in [6.45, 7) is 0. The lowest BCUT2D eigenvalue weighted by molar-refractivity contribution is -0.385. The maximum atomic E-state index is 12.0. The number of nitro benzene ring substituents is 1. The van der Waals surface area contributed by atoms with E-state index in [9.17, 15) is 19.7 Å². The van der Waals surface area contributed by atoms with Crippen LogP contribution >= 0.6 is 11.3 Å². The third kappa shape index (κ3) is 3.17. The van der Waals surface area contributed by atoms with Crippen molar-refractivity contribution in [1.82, 2.24) is 4.98 Å². The van der Waals surface area contributed by atoms with Crippen molar-refractivity contribution >= 4 is 34.0 Å². The van der Waals surface area contributed by atoms with Crippen LogP contribution in [0.1, 0.15) is 20.0 Å². The predicted octanol–water partition coefficient (Wildman–Crippen LogP) is 1.41. The van der Waals surface area contributed by atoms with E-state index in [1.807, 2.05) is 0 Å². The number of rotatable bonds is 5. The van der Waals surface area contributed by atoms with Crippen LogP contribution in [0.2, 0.25) is 0 Å². The molecule has 9 nitrogen and oxygen atoms in total. The van der Waals surface area contributed by atoms with Crippen LogP contribution < -0.4 is 15.8 Å².